The molecule has 0 aliphatic carbocycles. The van der Waals surface area contributed by atoms with Crippen molar-refractivity contribution >= 4 is 11.2 Å². The summed E-state index contributed by atoms with van der Waals surface area (Å²) in [5, 5.41) is 0. The highest BCUT2D eigenvalue weighted by molar-refractivity contribution is 5.71. The Balaban J connectivity index is 2.63. The number of aromatic nitrogens is 3. The summed E-state index contributed by atoms with van der Waals surface area (Å²) in [6, 6.07) is 3.97. The summed E-state index contributed by atoms with van der Waals surface area (Å²) in [4.78, 5) is 9.03. The predicted molar refractivity (Wildman–Crippen MR) is 61.9 cm³/mol. The first kappa shape index (κ1) is 10.1. The summed E-state index contributed by atoms with van der Waals surface area (Å²) in [6.07, 6.45) is 2.95. The third kappa shape index (κ3) is 1.74. The second-order valence-corrected chi connectivity index (χ2v) is 4.12. The molecule has 2 heterocycles. The minimum atomic E-state index is 0.450. The molecule has 15 heavy (non-hydrogen) atoms. The van der Waals surface area contributed by atoms with Crippen LogP contribution < -0.4 is 0 Å². The Morgan fingerprint density at radius 3 is 2.87 bits per heavy atom. The topological polar surface area (TPSA) is 30.7 Å². The van der Waals surface area contributed by atoms with Crippen molar-refractivity contribution in [2.45, 2.75) is 39.7 Å². The molecule has 0 spiro atoms. The average Bonchev–Trinajstić information content (AvgIpc) is 2.58. The Morgan fingerprint density at radius 2 is 2.20 bits per heavy atom. The standard InChI is InChI=1S/C12H17N3/c1-4-8-15-11(9(2)3)14-10-6-5-7-13-12(10)15/h5-7,9H,4,8H2,1-3H3. The Hall–Kier alpha value is -1.38. The molecule has 0 unspecified atom stereocenters. The zero-order valence-electron chi connectivity index (χ0n) is 9.57. The molecular weight excluding hydrogens is 186 g/mol. The number of rotatable bonds is 3. The predicted octanol–water partition coefficient (Wildman–Crippen LogP) is 2.96. The second kappa shape index (κ2) is 4.01. The lowest BCUT2D eigenvalue weighted by Crippen LogP contribution is -2.05. The van der Waals surface area contributed by atoms with Gasteiger partial charge in [0.2, 0.25) is 0 Å². The summed E-state index contributed by atoms with van der Waals surface area (Å²) >= 11 is 0. The fraction of sp³-hybridized carbons (Fsp3) is 0.500. The number of hydrogen-bond donors (Lipinski definition) is 0. The Kier molecular flexibility index (Phi) is 2.71. The summed E-state index contributed by atoms with van der Waals surface area (Å²) < 4.78 is 2.24. The number of nitrogens with zero attached hydrogens (tertiary/aromatic N) is 3. The summed E-state index contributed by atoms with van der Waals surface area (Å²) in [7, 11) is 0. The van der Waals surface area contributed by atoms with Gasteiger partial charge in [0.1, 0.15) is 11.3 Å². The van der Waals surface area contributed by atoms with Gasteiger partial charge < -0.3 is 4.57 Å². The summed E-state index contributed by atoms with van der Waals surface area (Å²) in [6.45, 7) is 7.53. The first-order valence-electron chi connectivity index (χ1n) is 5.55. The van der Waals surface area contributed by atoms with E-state index in [2.05, 4.69) is 35.3 Å². The molecule has 0 fully saturated rings. The molecule has 3 nitrogen and oxygen atoms in total. The number of pyridine rings is 1. The van der Waals surface area contributed by atoms with E-state index in [9.17, 15) is 0 Å². The average molecular weight is 203 g/mol. The maximum absolute atomic E-state index is 4.63. The molecule has 0 aromatic carbocycles. The van der Waals surface area contributed by atoms with Crippen LogP contribution in [0.15, 0.2) is 18.3 Å². The van der Waals surface area contributed by atoms with Crippen molar-refractivity contribution in [1.82, 2.24) is 14.5 Å². The quantitative estimate of drug-likeness (QED) is 0.767. The monoisotopic (exact) mass is 203 g/mol. The van der Waals surface area contributed by atoms with Gasteiger partial charge in [-0.1, -0.05) is 20.8 Å². The molecule has 0 radical (unpaired) electrons. The van der Waals surface area contributed by atoms with Crippen molar-refractivity contribution < 1.29 is 0 Å². The van der Waals surface area contributed by atoms with E-state index in [4.69, 9.17) is 0 Å². The molecule has 0 saturated carbocycles. The molecule has 0 bridgehead atoms. The van der Waals surface area contributed by atoms with Gasteiger partial charge in [0.25, 0.3) is 0 Å². The van der Waals surface area contributed by atoms with Gasteiger partial charge in [-0.05, 0) is 18.6 Å². The van der Waals surface area contributed by atoms with Crippen LogP contribution in [0.2, 0.25) is 0 Å². The molecule has 80 valence electrons. The zero-order chi connectivity index (χ0) is 10.8. The van der Waals surface area contributed by atoms with Crippen LogP contribution in [0.1, 0.15) is 38.9 Å². The van der Waals surface area contributed by atoms with Gasteiger partial charge in [0, 0.05) is 18.7 Å². The molecule has 0 amide bonds. The summed E-state index contributed by atoms with van der Waals surface area (Å²) in [5.74, 6) is 1.59. The fourth-order valence-electron chi connectivity index (χ4n) is 1.86. The Labute approximate surface area is 90.2 Å². The highest BCUT2D eigenvalue weighted by Crippen LogP contribution is 2.20. The first-order chi connectivity index (χ1) is 7.24. The van der Waals surface area contributed by atoms with Crippen LogP contribution in [0.3, 0.4) is 0 Å². The summed E-state index contributed by atoms with van der Waals surface area (Å²) in [5.41, 5.74) is 2.03. The molecule has 0 aliphatic heterocycles. The van der Waals surface area contributed by atoms with E-state index < -0.39 is 0 Å². The van der Waals surface area contributed by atoms with Crippen LogP contribution in [0.25, 0.3) is 11.2 Å². The van der Waals surface area contributed by atoms with Gasteiger partial charge in [-0.15, -0.1) is 0 Å². The molecule has 0 saturated heterocycles. The molecule has 3 heteroatoms. The normalized spacial score (nSPS) is 11.5. The van der Waals surface area contributed by atoms with E-state index in [1.165, 1.54) is 0 Å². The first-order valence-corrected chi connectivity index (χ1v) is 5.55. The lowest BCUT2D eigenvalue weighted by atomic mass is 10.2. The largest absolute Gasteiger partial charge is 0.313 e. The Morgan fingerprint density at radius 1 is 1.40 bits per heavy atom. The lowest BCUT2D eigenvalue weighted by molar-refractivity contribution is 0.620. The molecule has 0 atom stereocenters. The van der Waals surface area contributed by atoms with Gasteiger partial charge in [0.05, 0.1) is 0 Å². The van der Waals surface area contributed by atoms with Crippen LogP contribution in [-0.4, -0.2) is 14.5 Å². The molecular formula is C12H17N3. The van der Waals surface area contributed by atoms with Crippen LogP contribution in [0.5, 0.6) is 0 Å². The number of hydrogen-bond acceptors (Lipinski definition) is 2. The van der Waals surface area contributed by atoms with Gasteiger partial charge in [0.15, 0.2) is 5.65 Å². The van der Waals surface area contributed by atoms with E-state index in [-0.39, 0.29) is 0 Å². The maximum atomic E-state index is 4.63. The highest BCUT2D eigenvalue weighted by atomic mass is 15.1. The third-order valence-corrected chi connectivity index (χ3v) is 2.50. The van der Waals surface area contributed by atoms with Gasteiger partial charge >= 0.3 is 0 Å². The minimum absolute atomic E-state index is 0.450. The number of imidazole rings is 1. The molecule has 0 N–H and O–H groups in total. The SMILES string of the molecule is CCCn1c(C(C)C)nc2cccnc21. The molecule has 0 aliphatic rings. The van der Waals surface area contributed by atoms with Crippen molar-refractivity contribution in [3.05, 3.63) is 24.2 Å². The number of aryl methyl sites for hydroxylation is 1. The van der Waals surface area contributed by atoms with Crippen LogP contribution in [-0.2, 0) is 6.54 Å². The lowest BCUT2D eigenvalue weighted by Gasteiger charge is -2.08. The van der Waals surface area contributed by atoms with E-state index in [0.29, 0.717) is 5.92 Å². The van der Waals surface area contributed by atoms with Crippen molar-refractivity contribution in [1.29, 1.82) is 0 Å². The van der Waals surface area contributed by atoms with Crippen LogP contribution in [0, 0.1) is 0 Å². The van der Waals surface area contributed by atoms with Crippen LogP contribution in [0.4, 0.5) is 0 Å². The zero-order valence-corrected chi connectivity index (χ0v) is 9.57. The second-order valence-electron chi connectivity index (χ2n) is 4.12. The van der Waals surface area contributed by atoms with Gasteiger partial charge in [-0.25, -0.2) is 9.97 Å². The van der Waals surface area contributed by atoms with Crippen LogP contribution >= 0.6 is 0 Å². The van der Waals surface area contributed by atoms with E-state index in [1.807, 2.05) is 18.3 Å². The highest BCUT2D eigenvalue weighted by Gasteiger charge is 2.12. The smallest absolute Gasteiger partial charge is 0.159 e. The molecule has 2 rings (SSSR count). The van der Waals surface area contributed by atoms with Crippen molar-refractivity contribution in [2.75, 3.05) is 0 Å². The van der Waals surface area contributed by atoms with Crippen molar-refractivity contribution in [3.63, 3.8) is 0 Å². The Bertz CT molecular complexity index is 457. The van der Waals surface area contributed by atoms with E-state index >= 15 is 0 Å². The fourth-order valence-corrected chi connectivity index (χ4v) is 1.86. The minimum Gasteiger partial charge on any atom is -0.313 e. The maximum Gasteiger partial charge on any atom is 0.159 e. The number of fused-ring (bicyclic) bond motifs is 1. The van der Waals surface area contributed by atoms with E-state index in [1.54, 1.807) is 0 Å². The van der Waals surface area contributed by atoms with Crippen molar-refractivity contribution in [2.24, 2.45) is 0 Å². The van der Waals surface area contributed by atoms with Crippen molar-refractivity contribution in [3.8, 4) is 0 Å². The van der Waals surface area contributed by atoms with E-state index in [0.717, 1.165) is 30.0 Å². The van der Waals surface area contributed by atoms with Gasteiger partial charge in [-0.2, -0.15) is 0 Å². The van der Waals surface area contributed by atoms with Gasteiger partial charge in [-0.3, -0.25) is 0 Å². The molecule has 2 aromatic rings. The third-order valence-electron chi connectivity index (χ3n) is 2.50. The molecule has 2 aromatic heterocycles.